The van der Waals surface area contributed by atoms with Crippen molar-refractivity contribution in [1.82, 2.24) is 4.98 Å². The molecule has 0 bridgehead atoms. The number of hydrogen-bond donors (Lipinski definition) is 0. The summed E-state index contributed by atoms with van der Waals surface area (Å²) >= 11 is 0. The van der Waals surface area contributed by atoms with Gasteiger partial charge in [-0.05, 0) is 35.9 Å². The second-order valence-corrected chi connectivity index (χ2v) is 4.18. The van der Waals surface area contributed by atoms with Crippen LogP contribution < -0.4 is 9.47 Å². The monoisotopic (exact) mass is 287 g/mol. The third kappa shape index (κ3) is 3.66. The maximum Gasteiger partial charge on any atom is 0.212 e. The molecule has 1 heterocycles. The first-order valence-electron chi connectivity index (χ1n) is 6.20. The molecule has 0 atom stereocenters. The molecule has 1 aromatic heterocycles. The second kappa shape index (κ2) is 6.65. The Morgan fingerprint density at radius 2 is 2.00 bits per heavy atom. The van der Waals surface area contributed by atoms with Crippen molar-refractivity contribution in [3.63, 3.8) is 0 Å². The SMILES string of the molecule is COc1ccc(C(=O)C=Cc2ccc(OC)nc2)c(F)c1. The van der Waals surface area contributed by atoms with Crippen molar-refractivity contribution >= 4 is 11.9 Å². The molecule has 4 nitrogen and oxygen atoms in total. The number of nitrogens with zero attached hydrogens (tertiary/aromatic N) is 1. The number of benzene rings is 1. The Labute approximate surface area is 121 Å². The molecule has 0 amide bonds. The van der Waals surface area contributed by atoms with Crippen molar-refractivity contribution in [2.24, 2.45) is 0 Å². The number of aromatic nitrogens is 1. The molecule has 1 aromatic carbocycles. The fourth-order valence-electron chi connectivity index (χ4n) is 1.70. The number of ketones is 1. The number of pyridine rings is 1. The van der Waals surface area contributed by atoms with Gasteiger partial charge in [-0.1, -0.05) is 0 Å². The van der Waals surface area contributed by atoms with Crippen LogP contribution in [0.25, 0.3) is 6.08 Å². The molecule has 108 valence electrons. The Hall–Kier alpha value is -2.69. The number of carbonyl (C=O) groups is 1. The first-order valence-corrected chi connectivity index (χ1v) is 6.20. The van der Waals surface area contributed by atoms with E-state index >= 15 is 0 Å². The summed E-state index contributed by atoms with van der Waals surface area (Å²) in [5, 5.41) is 0. The lowest BCUT2D eigenvalue weighted by molar-refractivity contribution is 0.104. The van der Waals surface area contributed by atoms with Crippen molar-refractivity contribution < 1.29 is 18.7 Å². The average molecular weight is 287 g/mol. The molecule has 5 heteroatoms. The van der Waals surface area contributed by atoms with Gasteiger partial charge in [-0.3, -0.25) is 4.79 Å². The first kappa shape index (κ1) is 14.7. The van der Waals surface area contributed by atoms with Crippen molar-refractivity contribution in [2.45, 2.75) is 0 Å². The molecule has 0 N–H and O–H groups in total. The van der Waals surface area contributed by atoms with Gasteiger partial charge in [0.15, 0.2) is 5.78 Å². The van der Waals surface area contributed by atoms with E-state index in [-0.39, 0.29) is 5.56 Å². The van der Waals surface area contributed by atoms with E-state index in [2.05, 4.69) is 4.98 Å². The highest BCUT2D eigenvalue weighted by atomic mass is 19.1. The molecule has 0 radical (unpaired) electrons. The van der Waals surface area contributed by atoms with Crippen LogP contribution in [0.5, 0.6) is 11.6 Å². The van der Waals surface area contributed by atoms with Gasteiger partial charge in [0.25, 0.3) is 0 Å². The summed E-state index contributed by atoms with van der Waals surface area (Å²) in [4.78, 5) is 16.0. The second-order valence-electron chi connectivity index (χ2n) is 4.18. The molecule has 0 saturated carbocycles. The van der Waals surface area contributed by atoms with Crippen LogP contribution in [0, 0.1) is 5.82 Å². The fourth-order valence-corrected chi connectivity index (χ4v) is 1.70. The number of methoxy groups -OCH3 is 2. The average Bonchev–Trinajstić information content (AvgIpc) is 2.52. The molecule has 0 spiro atoms. The molecule has 0 aliphatic rings. The summed E-state index contributed by atoms with van der Waals surface area (Å²) in [7, 11) is 2.96. The standard InChI is InChI=1S/C16H14FNO3/c1-20-12-5-6-13(14(17)9-12)15(19)7-3-11-4-8-16(21-2)18-10-11/h3-10H,1-2H3. The van der Waals surface area contributed by atoms with E-state index in [1.807, 2.05) is 0 Å². The van der Waals surface area contributed by atoms with Gasteiger partial charge in [0, 0.05) is 18.3 Å². The summed E-state index contributed by atoms with van der Waals surface area (Å²) in [6.07, 6.45) is 4.43. The van der Waals surface area contributed by atoms with Crippen LogP contribution in [-0.4, -0.2) is 25.0 Å². The molecule has 21 heavy (non-hydrogen) atoms. The number of halogens is 1. The lowest BCUT2D eigenvalue weighted by Gasteiger charge is -2.02. The molecule has 0 aliphatic carbocycles. The van der Waals surface area contributed by atoms with Crippen molar-refractivity contribution in [2.75, 3.05) is 14.2 Å². The number of hydrogen-bond acceptors (Lipinski definition) is 4. The van der Waals surface area contributed by atoms with Crippen LogP contribution in [0.3, 0.4) is 0 Å². The van der Waals surface area contributed by atoms with Crippen molar-refractivity contribution in [3.05, 3.63) is 59.5 Å². The van der Waals surface area contributed by atoms with Crippen LogP contribution >= 0.6 is 0 Å². The molecule has 2 aromatic rings. The fraction of sp³-hybridized carbons (Fsp3) is 0.125. The maximum absolute atomic E-state index is 13.7. The molecule has 0 unspecified atom stereocenters. The lowest BCUT2D eigenvalue weighted by atomic mass is 10.1. The van der Waals surface area contributed by atoms with Gasteiger partial charge in [0.05, 0.1) is 19.8 Å². The topological polar surface area (TPSA) is 48.4 Å². The van der Waals surface area contributed by atoms with Crippen LogP contribution in [-0.2, 0) is 0 Å². The van der Waals surface area contributed by atoms with Gasteiger partial charge in [-0.2, -0.15) is 0 Å². The Morgan fingerprint density at radius 3 is 2.57 bits per heavy atom. The van der Waals surface area contributed by atoms with Gasteiger partial charge in [0.1, 0.15) is 11.6 Å². The lowest BCUT2D eigenvalue weighted by Crippen LogP contribution is -1.99. The Morgan fingerprint density at radius 1 is 1.19 bits per heavy atom. The summed E-state index contributed by atoms with van der Waals surface area (Å²) in [5.74, 6) is -0.185. The van der Waals surface area contributed by atoms with Crippen molar-refractivity contribution in [1.29, 1.82) is 0 Å². The van der Waals surface area contributed by atoms with E-state index < -0.39 is 11.6 Å². The smallest absolute Gasteiger partial charge is 0.212 e. The van der Waals surface area contributed by atoms with Crippen LogP contribution in [0.1, 0.15) is 15.9 Å². The molecular formula is C16H14FNO3. The maximum atomic E-state index is 13.7. The Kier molecular flexibility index (Phi) is 4.66. The minimum absolute atomic E-state index is 0.00600. The molecule has 0 fully saturated rings. The third-order valence-corrected chi connectivity index (χ3v) is 2.84. The zero-order valence-electron chi connectivity index (χ0n) is 11.7. The highest BCUT2D eigenvalue weighted by Gasteiger charge is 2.09. The summed E-state index contributed by atoms with van der Waals surface area (Å²) in [5.41, 5.74) is 0.714. The van der Waals surface area contributed by atoms with E-state index in [1.54, 1.807) is 30.5 Å². The van der Waals surface area contributed by atoms with Gasteiger partial charge < -0.3 is 9.47 Å². The van der Waals surface area contributed by atoms with E-state index in [9.17, 15) is 9.18 Å². The Bertz CT molecular complexity index is 666. The summed E-state index contributed by atoms with van der Waals surface area (Å²) in [6.45, 7) is 0. The normalized spacial score (nSPS) is 10.6. The van der Waals surface area contributed by atoms with Gasteiger partial charge in [0.2, 0.25) is 5.88 Å². The van der Waals surface area contributed by atoms with E-state index in [4.69, 9.17) is 9.47 Å². The quantitative estimate of drug-likeness (QED) is 0.626. The van der Waals surface area contributed by atoms with Gasteiger partial charge >= 0.3 is 0 Å². The first-order chi connectivity index (χ1) is 10.1. The van der Waals surface area contributed by atoms with Crippen molar-refractivity contribution in [3.8, 4) is 11.6 Å². The van der Waals surface area contributed by atoms with Gasteiger partial charge in [-0.15, -0.1) is 0 Å². The predicted molar refractivity (Wildman–Crippen MR) is 77.1 cm³/mol. The summed E-state index contributed by atoms with van der Waals surface area (Å²) < 4.78 is 23.6. The van der Waals surface area contributed by atoms with Crippen LogP contribution in [0.4, 0.5) is 4.39 Å². The van der Waals surface area contributed by atoms with Crippen LogP contribution in [0.15, 0.2) is 42.6 Å². The number of allylic oxidation sites excluding steroid dienone is 1. The minimum atomic E-state index is -0.614. The van der Waals surface area contributed by atoms with Gasteiger partial charge in [-0.25, -0.2) is 9.37 Å². The Balaban J connectivity index is 2.14. The zero-order chi connectivity index (χ0) is 15.2. The van der Waals surface area contributed by atoms with E-state index in [1.165, 1.54) is 32.4 Å². The largest absolute Gasteiger partial charge is 0.497 e. The molecule has 0 aliphatic heterocycles. The van der Waals surface area contributed by atoms with Crippen LogP contribution in [0.2, 0.25) is 0 Å². The number of ether oxygens (including phenoxy) is 2. The predicted octanol–water partition coefficient (Wildman–Crippen LogP) is 3.13. The van der Waals surface area contributed by atoms with E-state index in [0.29, 0.717) is 11.6 Å². The highest BCUT2D eigenvalue weighted by Crippen LogP contribution is 2.17. The molecular weight excluding hydrogens is 273 g/mol. The zero-order valence-corrected chi connectivity index (χ0v) is 11.7. The molecule has 0 saturated heterocycles. The third-order valence-electron chi connectivity index (χ3n) is 2.84. The number of rotatable bonds is 5. The molecule has 2 rings (SSSR count). The minimum Gasteiger partial charge on any atom is -0.497 e. The highest BCUT2D eigenvalue weighted by molar-refractivity contribution is 6.07. The van der Waals surface area contributed by atoms with E-state index in [0.717, 1.165) is 5.56 Å². The summed E-state index contributed by atoms with van der Waals surface area (Å²) in [6, 6.07) is 7.54. The number of carbonyl (C=O) groups excluding carboxylic acids is 1.